The Hall–Kier alpha value is -2.07. The van der Waals surface area contributed by atoms with Gasteiger partial charge in [-0.05, 0) is 29.8 Å². The Balaban J connectivity index is 1.99. The molecule has 0 atom stereocenters. The third-order valence-corrected chi connectivity index (χ3v) is 3.84. The van der Waals surface area contributed by atoms with Crippen molar-refractivity contribution in [3.05, 3.63) is 71.0 Å². The predicted molar refractivity (Wildman–Crippen MR) is 93.6 cm³/mol. The molecule has 3 nitrogen and oxygen atoms in total. The summed E-state index contributed by atoms with van der Waals surface area (Å²) in [7, 11) is 1.68. The quantitative estimate of drug-likeness (QED) is 0.670. The van der Waals surface area contributed by atoms with E-state index in [4.69, 9.17) is 9.72 Å². The number of nitrogens with zero attached hydrogens (tertiary/aromatic N) is 2. The normalized spacial score (nSPS) is 10.8. The lowest BCUT2D eigenvalue weighted by atomic mass is 10.1. The van der Waals surface area contributed by atoms with Gasteiger partial charge in [-0.25, -0.2) is 4.98 Å². The van der Waals surface area contributed by atoms with Gasteiger partial charge in [-0.1, -0.05) is 46.8 Å². The first-order valence-corrected chi connectivity index (χ1v) is 7.87. The molecule has 0 saturated heterocycles. The minimum atomic E-state index is 0.714. The molecule has 0 bridgehead atoms. The lowest BCUT2D eigenvalue weighted by Gasteiger charge is -2.09. The molecule has 112 valence electrons. The van der Waals surface area contributed by atoms with Crippen molar-refractivity contribution in [1.29, 1.82) is 0 Å². The molecule has 0 amide bonds. The SMILES string of the molecule is C=C(Br)Cn1c(Cc2ccc(OC)cc2)nc2ccccc21. The van der Waals surface area contributed by atoms with Crippen LogP contribution >= 0.6 is 15.9 Å². The summed E-state index contributed by atoms with van der Waals surface area (Å²) >= 11 is 3.46. The van der Waals surface area contributed by atoms with Gasteiger partial charge >= 0.3 is 0 Å². The Kier molecular flexibility index (Phi) is 4.29. The largest absolute Gasteiger partial charge is 0.497 e. The van der Waals surface area contributed by atoms with Crippen molar-refractivity contribution in [2.75, 3.05) is 7.11 Å². The molecule has 0 saturated carbocycles. The van der Waals surface area contributed by atoms with Gasteiger partial charge in [-0.3, -0.25) is 0 Å². The number of hydrogen-bond donors (Lipinski definition) is 0. The van der Waals surface area contributed by atoms with Crippen molar-refractivity contribution in [2.24, 2.45) is 0 Å². The third-order valence-electron chi connectivity index (χ3n) is 3.58. The Bertz CT molecular complexity index is 806. The number of imidazole rings is 1. The number of halogens is 1. The van der Waals surface area contributed by atoms with Crippen molar-refractivity contribution in [3.8, 4) is 5.75 Å². The molecule has 2 aromatic carbocycles. The highest BCUT2D eigenvalue weighted by Gasteiger charge is 2.11. The molecule has 22 heavy (non-hydrogen) atoms. The molecule has 0 spiro atoms. The summed E-state index contributed by atoms with van der Waals surface area (Å²) < 4.78 is 8.35. The lowest BCUT2D eigenvalue weighted by Crippen LogP contribution is -2.04. The van der Waals surface area contributed by atoms with E-state index in [2.05, 4.69) is 45.3 Å². The highest BCUT2D eigenvalue weighted by Crippen LogP contribution is 2.21. The number of fused-ring (bicyclic) bond motifs is 1. The maximum atomic E-state index is 5.21. The summed E-state index contributed by atoms with van der Waals surface area (Å²) in [6, 6.07) is 16.3. The van der Waals surface area contributed by atoms with Gasteiger partial charge in [0.05, 0.1) is 24.7 Å². The first kappa shape index (κ1) is 14.9. The van der Waals surface area contributed by atoms with E-state index in [9.17, 15) is 0 Å². The van der Waals surface area contributed by atoms with Crippen molar-refractivity contribution < 1.29 is 4.74 Å². The van der Waals surface area contributed by atoms with Crippen LogP contribution in [0.25, 0.3) is 11.0 Å². The highest BCUT2D eigenvalue weighted by molar-refractivity contribution is 9.11. The second-order valence-corrected chi connectivity index (χ2v) is 6.27. The van der Waals surface area contributed by atoms with Crippen LogP contribution in [0.1, 0.15) is 11.4 Å². The first-order valence-electron chi connectivity index (χ1n) is 7.07. The van der Waals surface area contributed by atoms with Gasteiger partial charge in [0.25, 0.3) is 0 Å². The zero-order chi connectivity index (χ0) is 15.5. The summed E-state index contributed by atoms with van der Waals surface area (Å²) in [5.41, 5.74) is 3.35. The fourth-order valence-corrected chi connectivity index (χ4v) is 2.79. The summed E-state index contributed by atoms with van der Waals surface area (Å²) in [6.07, 6.45) is 0.777. The fraction of sp³-hybridized carbons (Fsp3) is 0.167. The van der Waals surface area contributed by atoms with E-state index >= 15 is 0 Å². The number of allylic oxidation sites excluding steroid dienone is 1. The Labute approximate surface area is 138 Å². The van der Waals surface area contributed by atoms with Gasteiger partial charge < -0.3 is 9.30 Å². The van der Waals surface area contributed by atoms with Crippen LogP contribution in [0.15, 0.2) is 59.6 Å². The van der Waals surface area contributed by atoms with Crippen LogP contribution in [0.3, 0.4) is 0 Å². The molecule has 3 aromatic rings. The van der Waals surface area contributed by atoms with Gasteiger partial charge in [0, 0.05) is 10.9 Å². The maximum absolute atomic E-state index is 5.21. The van der Waals surface area contributed by atoms with Gasteiger partial charge in [0.15, 0.2) is 0 Å². The Morgan fingerprint density at radius 3 is 2.59 bits per heavy atom. The molecule has 0 fully saturated rings. The predicted octanol–water partition coefficient (Wildman–Crippen LogP) is 4.54. The number of methoxy groups -OCH3 is 1. The Morgan fingerprint density at radius 2 is 1.91 bits per heavy atom. The average Bonchev–Trinajstić information content (AvgIpc) is 2.85. The molecule has 1 aromatic heterocycles. The van der Waals surface area contributed by atoms with E-state index in [1.165, 1.54) is 5.56 Å². The monoisotopic (exact) mass is 356 g/mol. The van der Waals surface area contributed by atoms with E-state index < -0.39 is 0 Å². The molecular formula is C18H17BrN2O. The molecule has 1 heterocycles. The van der Waals surface area contributed by atoms with Gasteiger partial charge in [-0.15, -0.1) is 0 Å². The molecule has 0 aliphatic heterocycles. The van der Waals surface area contributed by atoms with Crippen LogP contribution in [-0.2, 0) is 13.0 Å². The van der Waals surface area contributed by atoms with E-state index in [-0.39, 0.29) is 0 Å². The Morgan fingerprint density at radius 1 is 1.18 bits per heavy atom. The number of ether oxygens (including phenoxy) is 1. The second kappa shape index (κ2) is 6.36. The van der Waals surface area contributed by atoms with E-state index in [0.717, 1.165) is 33.5 Å². The van der Waals surface area contributed by atoms with Gasteiger partial charge in [-0.2, -0.15) is 0 Å². The number of benzene rings is 2. The van der Waals surface area contributed by atoms with E-state index in [1.807, 2.05) is 30.3 Å². The molecule has 3 rings (SSSR count). The summed E-state index contributed by atoms with van der Waals surface area (Å²) in [5.74, 6) is 1.90. The number of para-hydroxylation sites is 2. The fourth-order valence-electron chi connectivity index (χ4n) is 2.53. The molecule has 0 N–H and O–H groups in total. The van der Waals surface area contributed by atoms with Gasteiger partial charge in [0.1, 0.15) is 11.6 Å². The number of hydrogen-bond acceptors (Lipinski definition) is 2. The standard InChI is InChI=1S/C18H17BrN2O/c1-13(19)12-21-17-6-4-3-5-16(17)20-18(21)11-14-7-9-15(22-2)10-8-14/h3-10H,1,11-12H2,2H3. The maximum Gasteiger partial charge on any atom is 0.118 e. The molecule has 0 aliphatic rings. The van der Waals surface area contributed by atoms with Crippen molar-refractivity contribution >= 4 is 27.0 Å². The van der Waals surface area contributed by atoms with Crippen molar-refractivity contribution in [1.82, 2.24) is 9.55 Å². The molecule has 4 heteroatoms. The van der Waals surface area contributed by atoms with Crippen LogP contribution in [0.5, 0.6) is 5.75 Å². The molecule has 0 unspecified atom stereocenters. The topological polar surface area (TPSA) is 27.1 Å². The smallest absolute Gasteiger partial charge is 0.118 e. The van der Waals surface area contributed by atoms with Crippen LogP contribution in [0.2, 0.25) is 0 Å². The van der Waals surface area contributed by atoms with Crippen LogP contribution < -0.4 is 4.74 Å². The molecule has 0 radical (unpaired) electrons. The minimum Gasteiger partial charge on any atom is -0.497 e. The average molecular weight is 357 g/mol. The van der Waals surface area contributed by atoms with Gasteiger partial charge in [0.2, 0.25) is 0 Å². The van der Waals surface area contributed by atoms with E-state index in [0.29, 0.717) is 6.54 Å². The van der Waals surface area contributed by atoms with Crippen LogP contribution in [-0.4, -0.2) is 16.7 Å². The molecular weight excluding hydrogens is 340 g/mol. The van der Waals surface area contributed by atoms with Crippen molar-refractivity contribution in [3.63, 3.8) is 0 Å². The van der Waals surface area contributed by atoms with Crippen molar-refractivity contribution in [2.45, 2.75) is 13.0 Å². The molecule has 0 aliphatic carbocycles. The van der Waals surface area contributed by atoms with Crippen LogP contribution in [0.4, 0.5) is 0 Å². The zero-order valence-corrected chi connectivity index (χ0v) is 14.0. The summed E-state index contributed by atoms with van der Waals surface area (Å²) in [5, 5.41) is 0. The number of aromatic nitrogens is 2. The summed E-state index contributed by atoms with van der Waals surface area (Å²) in [4.78, 5) is 4.77. The third kappa shape index (κ3) is 3.07. The lowest BCUT2D eigenvalue weighted by molar-refractivity contribution is 0.414. The zero-order valence-electron chi connectivity index (χ0n) is 12.4. The number of rotatable bonds is 5. The van der Waals surface area contributed by atoms with E-state index in [1.54, 1.807) is 7.11 Å². The minimum absolute atomic E-state index is 0.714. The van der Waals surface area contributed by atoms with Crippen LogP contribution in [0, 0.1) is 0 Å². The second-order valence-electron chi connectivity index (χ2n) is 5.15. The first-order chi connectivity index (χ1) is 10.7. The summed E-state index contributed by atoms with van der Waals surface area (Å²) in [6.45, 7) is 4.67. The highest BCUT2D eigenvalue weighted by atomic mass is 79.9.